The molecule has 1 heterocycles. The Morgan fingerprint density at radius 3 is 2.21 bits per heavy atom. The lowest BCUT2D eigenvalue weighted by atomic mass is 9.85. The van der Waals surface area contributed by atoms with Gasteiger partial charge >= 0.3 is 11.8 Å². The second-order valence-electron chi connectivity index (χ2n) is 6.62. The lowest BCUT2D eigenvalue weighted by Gasteiger charge is -2.32. The molecule has 1 nitrogen and oxygen atoms in total. The highest BCUT2D eigenvalue weighted by molar-refractivity contribution is 5.76. The third-order valence-electron chi connectivity index (χ3n) is 4.92. The first-order chi connectivity index (χ1) is 11.2. The van der Waals surface area contributed by atoms with Crippen LogP contribution in [0.25, 0.3) is 5.57 Å². The molecule has 0 aromatic heterocycles. The van der Waals surface area contributed by atoms with Gasteiger partial charge in [-0.05, 0) is 37.8 Å². The molecule has 1 aromatic rings. The molecule has 1 saturated heterocycles. The summed E-state index contributed by atoms with van der Waals surface area (Å²) < 4.78 is 61.7. The average molecular weight is 340 g/mol. The van der Waals surface area contributed by atoms with Gasteiger partial charge in [-0.3, -0.25) is 0 Å². The summed E-state index contributed by atoms with van der Waals surface area (Å²) >= 11 is 0. The summed E-state index contributed by atoms with van der Waals surface area (Å²) in [6, 6.07) is 6.47. The predicted octanol–water partition coefficient (Wildman–Crippen LogP) is 5.58. The molecule has 1 fully saturated rings. The van der Waals surface area contributed by atoms with Crippen LogP contribution < -0.4 is 0 Å². The highest BCUT2D eigenvalue weighted by Gasteiger charge is 2.60. The van der Waals surface area contributed by atoms with Crippen LogP contribution in [0.3, 0.4) is 0 Å². The van der Waals surface area contributed by atoms with E-state index in [1.54, 1.807) is 12.1 Å². The highest BCUT2D eigenvalue weighted by atomic mass is 19.3. The largest absolute Gasteiger partial charge is 0.378 e. The van der Waals surface area contributed by atoms with Gasteiger partial charge in [-0.15, -0.1) is 0 Å². The van der Waals surface area contributed by atoms with E-state index in [4.69, 9.17) is 4.74 Å². The lowest BCUT2D eigenvalue weighted by molar-refractivity contribution is -0.148. The van der Waals surface area contributed by atoms with Gasteiger partial charge in [0.25, 0.3) is 0 Å². The molecule has 24 heavy (non-hydrogen) atoms. The Kier molecular flexibility index (Phi) is 4.32. The van der Waals surface area contributed by atoms with Crippen LogP contribution >= 0.6 is 0 Å². The monoisotopic (exact) mass is 340 g/mol. The van der Waals surface area contributed by atoms with E-state index in [1.165, 1.54) is 12.1 Å². The first kappa shape index (κ1) is 17.2. The molecule has 0 saturated carbocycles. The maximum Gasteiger partial charge on any atom is 0.339 e. The Labute approximate surface area is 139 Å². The molecule has 0 amide bonds. The van der Waals surface area contributed by atoms with Crippen molar-refractivity contribution in [2.45, 2.75) is 50.6 Å². The Hall–Kier alpha value is -1.62. The van der Waals surface area contributed by atoms with Crippen LogP contribution in [0.4, 0.5) is 17.6 Å². The lowest BCUT2D eigenvalue weighted by Crippen LogP contribution is -2.43. The van der Waals surface area contributed by atoms with Crippen molar-refractivity contribution >= 4 is 5.57 Å². The smallest absolute Gasteiger partial charge is 0.339 e. The Morgan fingerprint density at radius 1 is 0.958 bits per heavy atom. The zero-order valence-corrected chi connectivity index (χ0v) is 13.7. The molecule has 5 heteroatoms. The van der Waals surface area contributed by atoms with Crippen LogP contribution in [0.5, 0.6) is 0 Å². The maximum atomic E-state index is 14.2. The van der Waals surface area contributed by atoms with Crippen molar-refractivity contribution in [2.75, 3.05) is 6.61 Å². The summed E-state index contributed by atoms with van der Waals surface area (Å²) in [5.41, 5.74) is -0.152. The average Bonchev–Trinajstić information content (AvgIpc) is 2.54. The molecule has 2 aliphatic rings. The van der Waals surface area contributed by atoms with Crippen molar-refractivity contribution in [2.24, 2.45) is 0 Å². The zero-order chi connectivity index (χ0) is 17.5. The van der Waals surface area contributed by atoms with E-state index in [9.17, 15) is 17.6 Å². The molecule has 1 aromatic carbocycles. The van der Waals surface area contributed by atoms with E-state index < -0.39 is 23.0 Å². The van der Waals surface area contributed by atoms with Gasteiger partial charge in [0.2, 0.25) is 0 Å². The minimum absolute atomic E-state index is 0.122. The van der Waals surface area contributed by atoms with E-state index in [2.05, 4.69) is 0 Å². The highest BCUT2D eigenvalue weighted by Crippen LogP contribution is 2.50. The number of hydrogen-bond donors (Lipinski definition) is 0. The Bertz CT molecular complexity index is 665. The van der Waals surface area contributed by atoms with E-state index >= 15 is 0 Å². The fourth-order valence-electron chi connectivity index (χ4n) is 3.19. The second kappa shape index (κ2) is 6.03. The molecule has 3 rings (SSSR count). The molecular formula is C19H20F4O. The first-order valence-electron chi connectivity index (χ1n) is 8.10. The number of rotatable bonds is 2. The van der Waals surface area contributed by atoms with Crippen molar-refractivity contribution in [3.63, 3.8) is 0 Å². The molecule has 0 bridgehead atoms. The van der Waals surface area contributed by atoms with Crippen LogP contribution in [0.2, 0.25) is 0 Å². The standard InChI is InChI=1S/C19H20F4O/c1-12-3-10-17(19(22,23)18(12,20)21)15-8-6-14(7-9-15)16-5-4-13(2)24-11-16/h3,6-10,13,16H,4-5,11H2,1-2H3. The minimum Gasteiger partial charge on any atom is -0.378 e. The molecule has 1 aliphatic carbocycles. The van der Waals surface area contributed by atoms with E-state index in [-0.39, 0.29) is 17.6 Å². The second-order valence-corrected chi connectivity index (χ2v) is 6.62. The van der Waals surface area contributed by atoms with E-state index in [0.717, 1.165) is 37.5 Å². The molecule has 0 radical (unpaired) electrons. The van der Waals surface area contributed by atoms with Crippen molar-refractivity contribution < 1.29 is 22.3 Å². The molecule has 2 atom stereocenters. The predicted molar refractivity (Wildman–Crippen MR) is 85.5 cm³/mol. The van der Waals surface area contributed by atoms with Gasteiger partial charge < -0.3 is 4.74 Å². The Balaban J connectivity index is 1.86. The van der Waals surface area contributed by atoms with Gasteiger partial charge in [0.1, 0.15) is 0 Å². The van der Waals surface area contributed by atoms with E-state index in [0.29, 0.717) is 6.61 Å². The summed E-state index contributed by atoms with van der Waals surface area (Å²) in [6.45, 7) is 3.64. The Morgan fingerprint density at radius 2 is 1.62 bits per heavy atom. The van der Waals surface area contributed by atoms with Gasteiger partial charge in [-0.25, -0.2) is 0 Å². The van der Waals surface area contributed by atoms with Gasteiger partial charge in [0.05, 0.1) is 12.7 Å². The summed E-state index contributed by atoms with van der Waals surface area (Å²) in [5, 5.41) is 0. The first-order valence-corrected chi connectivity index (χ1v) is 8.10. The summed E-state index contributed by atoms with van der Waals surface area (Å²) in [6.07, 6.45) is 4.32. The topological polar surface area (TPSA) is 9.23 Å². The van der Waals surface area contributed by atoms with Crippen molar-refractivity contribution in [3.05, 3.63) is 53.1 Å². The molecule has 130 valence electrons. The molecule has 0 N–H and O–H groups in total. The number of ether oxygens (including phenoxy) is 1. The quantitative estimate of drug-likeness (QED) is 0.638. The fourth-order valence-corrected chi connectivity index (χ4v) is 3.19. The third-order valence-corrected chi connectivity index (χ3v) is 4.92. The fraction of sp³-hybridized carbons (Fsp3) is 0.474. The number of benzene rings is 1. The van der Waals surface area contributed by atoms with Gasteiger partial charge in [0.15, 0.2) is 0 Å². The van der Waals surface area contributed by atoms with Crippen LogP contribution in [-0.4, -0.2) is 24.6 Å². The van der Waals surface area contributed by atoms with Gasteiger partial charge in [0, 0.05) is 17.1 Å². The normalized spacial score (nSPS) is 28.9. The van der Waals surface area contributed by atoms with Crippen molar-refractivity contribution in [1.82, 2.24) is 0 Å². The van der Waals surface area contributed by atoms with Crippen molar-refractivity contribution in [3.8, 4) is 0 Å². The molecule has 1 aliphatic heterocycles. The van der Waals surface area contributed by atoms with Crippen LogP contribution in [0.1, 0.15) is 43.7 Å². The summed E-state index contributed by atoms with van der Waals surface area (Å²) in [4.78, 5) is 0. The third kappa shape index (κ3) is 2.79. The van der Waals surface area contributed by atoms with Gasteiger partial charge in [-0.1, -0.05) is 36.4 Å². The molecule has 0 spiro atoms. The zero-order valence-electron chi connectivity index (χ0n) is 13.7. The van der Waals surface area contributed by atoms with Crippen LogP contribution in [0.15, 0.2) is 42.0 Å². The summed E-state index contributed by atoms with van der Waals surface area (Å²) in [5.74, 6) is -8.15. The number of allylic oxidation sites excluding steroid dienone is 4. The number of halogens is 4. The van der Waals surface area contributed by atoms with Crippen LogP contribution in [0, 0.1) is 0 Å². The van der Waals surface area contributed by atoms with Crippen molar-refractivity contribution in [1.29, 1.82) is 0 Å². The molecular weight excluding hydrogens is 320 g/mol. The maximum absolute atomic E-state index is 14.2. The number of alkyl halides is 4. The summed E-state index contributed by atoms with van der Waals surface area (Å²) in [7, 11) is 0. The molecule has 2 unspecified atom stereocenters. The van der Waals surface area contributed by atoms with E-state index in [1.807, 2.05) is 6.92 Å². The SMILES string of the molecule is CC1=CC=C(c2ccc(C3CCC(C)OC3)cc2)C(F)(F)C1(F)F. The van der Waals surface area contributed by atoms with Gasteiger partial charge in [-0.2, -0.15) is 17.6 Å². The van der Waals surface area contributed by atoms with Crippen LogP contribution in [-0.2, 0) is 4.74 Å². The number of hydrogen-bond acceptors (Lipinski definition) is 1. The minimum atomic E-state index is -4.21.